The molecule has 3 rings (SSSR count). The number of Topliss-reactive ketones (excluding diaryl/α,β-unsaturated/α-hetero) is 1. The Balaban J connectivity index is 2.12. The Morgan fingerprint density at radius 1 is 1.33 bits per heavy atom. The van der Waals surface area contributed by atoms with E-state index in [9.17, 15) is 9.59 Å². The molecule has 0 spiro atoms. The molecular weight excluding hydrogens is 268 g/mol. The normalized spacial score (nSPS) is 29.6. The van der Waals surface area contributed by atoms with Gasteiger partial charge in [-0.25, -0.2) is 4.79 Å². The molecular formula is C17H18O4. The van der Waals surface area contributed by atoms with E-state index in [1.165, 1.54) is 0 Å². The first-order chi connectivity index (χ1) is 9.95. The summed E-state index contributed by atoms with van der Waals surface area (Å²) < 4.78 is 4.84. The van der Waals surface area contributed by atoms with Crippen LogP contribution in [0.2, 0.25) is 0 Å². The summed E-state index contributed by atoms with van der Waals surface area (Å²) in [4.78, 5) is 23.2. The summed E-state index contributed by atoms with van der Waals surface area (Å²) in [6, 6.07) is 5.32. The Bertz CT molecular complexity index is 646. The van der Waals surface area contributed by atoms with E-state index >= 15 is 0 Å². The zero-order valence-corrected chi connectivity index (χ0v) is 12.1. The second-order valence-corrected chi connectivity index (χ2v) is 6.02. The molecule has 0 radical (unpaired) electrons. The Morgan fingerprint density at radius 2 is 2.10 bits per heavy atom. The first kappa shape index (κ1) is 13.9. The number of benzene rings is 1. The van der Waals surface area contributed by atoms with Crippen LogP contribution < -0.4 is 4.74 Å². The second kappa shape index (κ2) is 4.72. The van der Waals surface area contributed by atoms with Crippen LogP contribution in [0, 0.1) is 18.8 Å². The smallest absolute Gasteiger partial charge is 0.449 e. The minimum Gasteiger partial charge on any atom is -0.449 e. The number of allylic oxidation sites excluding steroid dienone is 2. The zero-order valence-electron chi connectivity index (χ0n) is 12.1. The third kappa shape index (κ3) is 1.97. The van der Waals surface area contributed by atoms with Crippen LogP contribution in [0.1, 0.15) is 30.9 Å². The third-order valence-corrected chi connectivity index (χ3v) is 4.98. The van der Waals surface area contributed by atoms with E-state index < -0.39 is 11.6 Å². The van der Waals surface area contributed by atoms with Gasteiger partial charge in [0.2, 0.25) is 0 Å². The van der Waals surface area contributed by atoms with Crippen molar-refractivity contribution in [3.63, 3.8) is 0 Å². The van der Waals surface area contributed by atoms with Crippen molar-refractivity contribution in [3.05, 3.63) is 41.5 Å². The lowest BCUT2D eigenvalue weighted by atomic mass is 9.66. The molecule has 0 heterocycles. The Kier molecular flexibility index (Phi) is 3.12. The van der Waals surface area contributed by atoms with Gasteiger partial charge in [-0.3, -0.25) is 4.79 Å². The lowest BCUT2D eigenvalue weighted by molar-refractivity contribution is -0.123. The molecule has 4 nitrogen and oxygen atoms in total. The van der Waals surface area contributed by atoms with Crippen molar-refractivity contribution in [1.82, 2.24) is 0 Å². The van der Waals surface area contributed by atoms with Crippen LogP contribution in [0.25, 0.3) is 0 Å². The number of rotatable bonds is 3. The zero-order chi connectivity index (χ0) is 15.2. The van der Waals surface area contributed by atoms with Crippen LogP contribution in [0.15, 0.2) is 30.4 Å². The van der Waals surface area contributed by atoms with Crippen LogP contribution in [0.3, 0.4) is 0 Å². The van der Waals surface area contributed by atoms with Crippen LogP contribution in [-0.2, 0) is 10.2 Å². The Morgan fingerprint density at radius 3 is 2.62 bits per heavy atom. The van der Waals surface area contributed by atoms with Crippen molar-refractivity contribution in [1.29, 1.82) is 0 Å². The molecule has 1 N–H and O–H groups in total. The van der Waals surface area contributed by atoms with Gasteiger partial charge in [-0.05, 0) is 55.7 Å². The average Bonchev–Trinajstić information content (AvgIpc) is 3.01. The van der Waals surface area contributed by atoms with Crippen molar-refractivity contribution < 1.29 is 19.4 Å². The highest BCUT2D eigenvalue weighted by molar-refractivity contribution is 5.90. The Hall–Kier alpha value is -2.10. The van der Waals surface area contributed by atoms with Crippen LogP contribution in [0.4, 0.5) is 4.79 Å². The SMILES string of the molecule is CC(=O)C1(c2cccc(OC(=O)O)c2C)CC2C=CC1C2. The highest BCUT2D eigenvalue weighted by atomic mass is 16.7. The number of fused-ring (bicyclic) bond motifs is 2. The fourth-order valence-electron chi connectivity index (χ4n) is 4.06. The number of hydrogen-bond donors (Lipinski definition) is 1. The number of carbonyl (C=O) groups is 2. The molecule has 2 aliphatic carbocycles. The molecule has 1 saturated carbocycles. The van der Waals surface area contributed by atoms with Crippen molar-refractivity contribution in [2.75, 3.05) is 0 Å². The summed E-state index contributed by atoms with van der Waals surface area (Å²) in [5, 5.41) is 8.83. The van der Waals surface area contributed by atoms with Crippen molar-refractivity contribution in [2.24, 2.45) is 11.8 Å². The van der Waals surface area contributed by atoms with Gasteiger partial charge in [0.1, 0.15) is 11.5 Å². The van der Waals surface area contributed by atoms with Gasteiger partial charge < -0.3 is 9.84 Å². The monoisotopic (exact) mass is 286 g/mol. The topological polar surface area (TPSA) is 63.6 Å². The predicted molar refractivity (Wildman–Crippen MR) is 77.5 cm³/mol. The molecule has 3 unspecified atom stereocenters. The number of carboxylic acid groups (broad SMARTS) is 1. The quantitative estimate of drug-likeness (QED) is 0.525. The minimum atomic E-state index is -1.33. The maximum atomic E-state index is 12.5. The van der Waals surface area contributed by atoms with Gasteiger partial charge >= 0.3 is 6.16 Å². The number of ketones is 1. The molecule has 0 amide bonds. The third-order valence-electron chi connectivity index (χ3n) is 4.98. The van der Waals surface area contributed by atoms with Crippen LogP contribution >= 0.6 is 0 Å². The lowest BCUT2D eigenvalue weighted by Gasteiger charge is -2.35. The van der Waals surface area contributed by atoms with Gasteiger partial charge in [0.05, 0.1) is 5.41 Å². The average molecular weight is 286 g/mol. The first-order valence-corrected chi connectivity index (χ1v) is 7.15. The van der Waals surface area contributed by atoms with E-state index in [4.69, 9.17) is 9.84 Å². The standard InChI is InChI=1S/C17H18O4/c1-10-14(4-3-5-15(10)21-16(19)20)17(11(2)18)9-12-6-7-13(17)8-12/h3-7,12-13H,8-9H2,1-2H3,(H,19,20). The van der Waals surface area contributed by atoms with E-state index in [1.54, 1.807) is 19.1 Å². The summed E-state index contributed by atoms with van der Waals surface area (Å²) in [5.74, 6) is 1.11. The fraction of sp³-hybridized carbons (Fsp3) is 0.412. The minimum absolute atomic E-state index is 0.148. The van der Waals surface area contributed by atoms with Gasteiger partial charge in [-0.15, -0.1) is 0 Å². The maximum Gasteiger partial charge on any atom is 0.511 e. The van der Waals surface area contributed by atoms with E-state index in [-0.39, 0.29) is 11.7 Å². The van der Waals surface area contributed by atoms with Crippen molar-refractivity contribution >= 4 is 11.9 Å². The van der Waals surface area contributed by atoms with Crippen LogP contribution in [0.5, 0.6) is 5.75 Å². The molecule has 0 aromatic heterocycles. The highest BCUT2D eigenvalue weighted by Gasteiger charge is 2.53. The van der Waals surface area contributed by atoms with E-state index in [0.717, 1.165) is 24.0 Å². The molecule has 1 fully saturated rings. The molecule has 1 aromatic rings. The van der Waals surface area contributed by atoms with E-state index in [0.29, 0.717) is 11.7 Å². The molecule has 4 heteroatoms. The largest absolute Gasteiger partial charge is 0.511 e. The van der Waals surface area contributed by atoms with Gasteiger partial charge in [-0.2, -0.15) is 0 Å². The molecule has 1 aromatic carbocycles. The molecule has 110 valence electrons. The first-order valence-electron chi connectivity index (χ1n) is 7.15. The molecule has 0 saturated heterocycles. The number of hydrogen-bond acceptors (Lipinski definition) is 3. The number of ether oxygens (including phenoxy) is 1. The lowest BCUT2D eigenvalue weighted by Crippen LogP contribution is -2.39. The molecule has 21 heavy (non-hydrogen) atoms. The second-order valence-electron chi connectivity index (χ2n) is 6.02. The summed E-state index contributed by atoms with van der Waals surface area (Å²) in [5.41, 5.74) is 1.13. The predicted octanol–water partition coefficient (Wildman–Crippen LogP) is 3.47. The summed E-state index contributed by atoms with van der Waals surface area (Å²) in [7, 11) is 0. The summed E-state index contributed by atoms with van der Waals surface area (Å²) in [6.07, 6.45) is 4.81. The molecule has 2 aliphatic rings. The molecule has 0 aliphatic heterocycles. The summed E-state index contributed by atoms with van der Waals surface area (Å²) in [6.45, 7) is 3.46. The van der Waals surface area contributed by atoms with Crippen molar-refractivity contribution in [3.8, 4) is 5.75 Å². The van der Waals surface area contributed by atoms with E-state index in [2.05, 4.69) is 12.2 Å². The van der Waals surface area contributed by atoms with Crippen LogP contribution in [-0.4, -0.2) is 17.0 Å². The highest BCUT2D eigenvalue weighted by Crippen LogP contribution is 2.55. The van der Waals surface area contributed by atoms with Gasteiger partial charge in [-0.1, -0.05) is 24.3 Å². The Labute approximate surface area is 123 Å². The van der Waals surface area contributed by atoms with Gasteiger partial charge in [0, 0.05) is 0 Å². The fourth-order valence-corrected chi connectivity index (χ4v) is 4.06. The van der Waals surface area contributed by atoms with Crippen molar-refractivity contribution in [2.45, 2.75) is 32.1 Å². The summed E-state index contributed by atoms with van der Waals surface area (Å²) >= 11 is 0. The number of carbonyl (C=O) groups excluding carboxylic acids is 1. The van der Waals surface area contributed by atoms with Gasteiger partial charge in [0.15, 0.2) is 0 Å². The maximum absolute atomic E-state index is 12.5. The molecule has 2 bridgehead atoms. The van der Waals surface area contributed by atoms with Gasteiger partial charge in [0.25, 0.3) is 0 Å². The van der Waals surface area contributed by atoms with E-state index in [1.807, 2.05) is 13.0 Å². The molecule has 3 atom stereocenters.